The maximum Gasteiger partial charge on any atom is 0.135 e. The number of rotatable bonds is 3. The highest BCUT2D eigenvalue weighted by Crippen LogP contribution is 2.33. The maximum atomic E-state index is 14.0. The third kappa shape index (κ3) is 3.17. The zero-order valence-corrected chi connectivity index (χ0v) is 14.5. The molecule has 1 atom stereocenters. The number of nitrogens with zero attached hydrogens (tertiary/aromatic N) is 1. The van der Waals surface area contributed by atoms with Gasteiger partial charge in [-0.3, -0.25) is 4.99 Å². The molecule has 0 unspecified atom stereocenters. The number of aliphatic imine (C=N–C) groups is 1. The standard InChI is InChI=1S/C23H19F2N/c1-15-5-7-16(8-6-15)17-9-11-18(12-10-17)21-13-14-22(26-21)23-19(24)3-2-4-20(23)25/h2-12,21H,13-14H2,1H3/t21-/m1/s1. The SMILES string of the molecule is Cc1ccc(-c2ccc([C@H]3CCC(c4c(F)cccc4F)=N3)cc2)cc1. The van der Waals surface area contributed by atoms with Gasteiger partial charge in [0.05, 0.1) is 11.6 Å². The molecule has 130 valence electrons. The van der Waals surface area contributed by atoms with E-state index >= 15 is 0 Å². The van der Waals surface area contributed by atoms with Gasteiger partial charge >= 0.3 is 0 Å². The van der Waals surface area contributed by atoms with Crippen LogP contribution in [0.1, 0.15) is 35.6 Å². The topological polar surface area (TPSA) is 12.4 Å². The minimum atomic E-state index is -0.542. The number of aryl methyl sites for hydroxylation is 1. The van der Waals surface area contributed by atoms with Gasteiger partial charge in [-0.05, 0) is 48.6 Å². The van der Waals surface area contributed by atoms with Gasteiger partial charge in [0.1, 0.15) is 11.6 Å². The van der Waals surface area contributed by atoms with Gasteiger partial charge in [-0.25, -0.2) is 8.78 Å². The van der Waals surface area contributed by atoms with Crippen molar-refractivity contribution in [3.63, 3.8) is 0 Å². The van der Waals surface area contributed by atoms with Crippen molar-refractivity contribution >= 4 is 5.71 Å². The summed E-state index contributed by atoms with van der Waals surface area (Å²) in [7, 11) is 0. The second-order valence-electron chi connectivity index (χ2n) is 6.71. The molecule has 1 heterocycles. The van der Waals surface area contributed by atoms with E-state index in [1.165, 1.54) is 29.3 Å². The van der Waals surface area contributed by atoms with Crippen molar-refractivity contribution in [2.75, 3.05) is 0 Å². The molecule has 3 heteroatoms. The zero-order valence-electron chi connectivity index (χ0n) is 14.5. The summed E-state index contributed by atoms with van der Waals surface area (Å²) in [6, 6.07) is 20.6. The van der Waals surface area contributed by atoms with Crippen molar-refractivity contribution < 1.29 is 8.78 Å². The molecule has 1 aliphatic heterocycles. The molecular weight excluding hydrogens is 328 g/mol. The van der Waals surface area contributed by atoms with Crippen molar-refractivity contribution in [2.24, 2.45) is 4.99 Å². The Morgan fingerprint density at radius 3 is 2.00 bits per heavy atom. The van der Waals surface area contributed by atoms with Crippen molar-refractivity contribution in [1.82, 2.24) is 0 Å². The summed E-state index contributed by atoms with van der Waals surface area (Å²) in [5, 5.41) is 0. The van der Waals surface area contributed by atoms with Crippen LogP contribution in [0.2, 0.25) is 0 Å². The Balaban J connectivity index is 1.59. The van der Waals surface area contributed by atoms with E-state index < -0.39 is 11.6 Å². The molecular formula is C23H19F2N. The first kappa shape index (κ1) is 16.6. The van der Waals surface area contributed by atoms with Crippen LogP contribution in [0.4, 0.5) is 8.78 Å². The summed E-state index contributed by atoms with van der Waals surface area (Å²) in [5.74, 6) is -1.08. The van der Waals surface area contributed by atoms with Gasteiger partial charge in [0.15, 0.2) is 0 Å². The Hall–Kier alpha value is -2.81. The average molecular weight is 347 g/mol. The van der Waals surface area contributed by atoms with Crippen molar-refractivity contribution in [1.29, 1.82) is 0 Å². The van der Waals surface area contributed by atoms with Crippen LogP contribution in [-0.4, -0.2) is 5.71 Å². The van der Waals surface area contributed by atoms with E-state index in [1.807, 2.05) is 0 Å². The molecule has 0 amide bonds. The van der Waals surface area contributed by atoms with Crippen LogP contribution in [0, 0.1) is 18.6 Å². The first-order chi connectivity index (χ1) is 12.6. The van der Waals surface area contributed by atoms with Crippen LogP contribution in [0.3, 0.4) is 0 Å². The van der Waals surface area contributed by atoms with Gasteiger partial charge in [0.2, 0.25) is 0 Å². The minimum Gasteiger partial charge on any atom is -0.281 e. The summed E-state index contributed by atoms with van der Waals surface area (Å²) in [4.78, 5) is 4.60. The smallest absolute Gasteiger partial charge is 0.135 e. The quantitative estimate of drug-likeness (QED) is 0.530. The van der Waals surface area contributed by atoms with Crippen LogP contribution < -0.4 is 0 Å². The van der Waals surface area contributed by atoms with Crippen LogP contribution >= 0.6 is 0 Å². The highest BCUT2D eigenvalue weighted by Gasteiger charge is 2.24. The number of hydrogen-bond acceptors (Lipinski definition) is 1. The fourth-order valence-electron chi connectivity index (χ4n) is 3.44. The van der Waals surface area contributed by atoms with E-state index in [1.54, 1.807) is 0 Å². The van der Waals surface area contributed by atoms with E-state index in [0.717, 1.165) is 17.5 Å². The molecule has 0 radical (unpaired) electrons. The molecule has 0 fully saturated rings. The molecule has 4 rings (SSSR count). The van der Waals surface area contributed by atoms with E-state index in [2.05, 4.69) is 60.4 Å². The summed E-state index contributed by atoms with van der Waals surface area (Å²) >= 11 is 0. The van der Waals surface area contributed by atoms with Crippen LogP contribution in [0.5, 0.6) is 0 Å². The molecule has 0 saturated heterocycles. The molecule has 0 aliphatic carbocycles. The maximum absolute atomic E-state index is 14.0. The van der Waals surface area contributed by atoms with Crippen molar-refractivity contribution in [3.8, 4) is 11.1 Å². The Labute approximate surface area is 152 Å². The second kappa shape index (κ2) is 6.83. The second-order valence-corrected chi connectivity index (χ2v) is 6.71. The van der Waals surface area contributed by atoms with Gasteiger partial charge < -0.3 is 0 Å². The molecule has 1 aliphatic rings. The van der Waals surface area contributed by atoms with Gasteiger partial charge in [-0.1, -0.05) is 60.2 Å². The van der Waals surface area contributed by atoms with Crippen LogP contribution in [0.25, 0.3) is 11.1 Å². The highest BCUT2D eigenvalue weighted by molar-refractivity contribution is 6.02. The normalized spacial score (nSPS) is 16.6. The van der Waals surface area contributed by atoms with Gasteiger partial charge in [-0.15, -0.1) is 0 Å². The van der Waals surface area contributed by atoms with E-state index in [-0.39, 0.29) is 11.6 Å². The third-order valence-corrected chi connectivity index (χ3v) is 4.90. The minimum absolute atomic E-state index is 0.0197. The summed E-state index contributed by atoms with van der Waals surface area (Å²) in [6.45, 7) is 2.07. The predicted octanol–water partition coefficient (Wildman–Crippen LogP) is 6.26. The lowest BCUT2D eigenvalue weighted by Crippen LogP contribution is -2.03. The summed E-state index contributed by atoms with van der Waals surface area (Å²) in [5.41, 5.74) is 5.17. The molecule has 1 nitrogen and oxygen atoms in total. The summed E-state index contributed by atoms with van der Waals surface area (Å²) in [6.07, 6.45) is 1.36. The zero-order chi connectivity index (χ0) is 18.1. The molecule has 26 heavy (non-hydrogen) atoms. The van der Waals surface area contributed by atoms with E-state index in [9.17, 15) is 8.78 Å². The van der Waals surface area contributed by atoms with Gasteiger partial charge in [0.25, 0.3) is 0 Å². The van der Waals surface area contributed by atoms with Crippen LogP contribution in [-0.2, 0) is 0 Å². The molecule has 0 N–H and O–H groups in total. The average Bonchev–Trinajstić information content (AvgIpc) is 3.12. The Bertz CT molecular complexity index is 936. The van der Waals surface area contributed by atoms with E-state index in [0.29, 0.717) is 12.1 Å². The third-order valence-electron chi connectivity index (χ3n) is 4.90. The van der Waals surface area contributed by atoms with E-state index in [4.69, 9.17) is 0 Å². The number of benzene rings is 3. The number of halogens is 2. The molecule has 0 bridgehead atoms. The molecule has 0 saturated carbocycles. The molecule has 3 aromatic rings. The van der Waals surface area contributed by atoms with Gasteiger partial charge in [-0.2, -0.15) is 0 Å². The molecule has 0 spiro atoms. The fourth-order valence-corrected chi connectivity index (χ4v) is 3.44. The lowest BCUT2D eigenvalue weighted by atomic mass is 9.99. The highest BCUT2D eigenvalue weighted by atomic mass is 19.1. The largest absolute Gasteiger partial charge is 0.281 e. The lowest BCUT2D eigenvalue weighted by Gasteiger charge is -2.09. The fraction of sp³-hybridized carbons (Fsp3) is 0.174. The predicted molar refractivity (Wildman–Crippen MR) is 101 cm³/mol. The lowest BCUT2D eigenvalue weighted by molar-refractivity contribution is 0.578. The first-order valence-electron chi connectivity index (χ1n) is 8.80. The Kier molecular flexibility index (Phi) is 4.37. The summed E-state index contributed by atoms with van der Waals surface area (Å²) < 4.78 is 28.0. The van der Waals surface area contributed by atoms with Gasteiger partial charge in [0, 0.05) is 5.71 Å². The molecule has 0 aromatic heterocycles. The molecule has 3 aromatic carbocycles. The first-order valence-corrected chi connectivity index (χ1v) is 8.80. The number of hydrogen-bond donors (Lipinski definition) is 0. The monoisotopic (exact) mass is 347 g/mol. The van der Waals surface area contributed by atoms with Crippen LogP contribution in [0.15, 0.2) is 71.7 Å². The van der Waals surface area contributed by atoms with Crippen molar-refractivity contribution in [3.05, 3.63) is 95.1 Å². The Morgan fingerprint density at radius 1 is 0.808 bits per heavy atom. The Morgan fingerprint density at radius 2 is 1.38 bits per heavy atom. The van der Waals surface area contributed by atoms with Crippen molar-refractivity contribution in [2.45, 2.75) is 25.8 Å².